The van der Waals surface area contributed by atoms with Crippen LogP contribution in [0.25, 0.3) is 0 Å². The molecule has 8 heteroatoms. The van der Waals surface area contributed by atoms with Crippen molar-refractivity contribution in [3.05, 3.63) is 83.7 Å². The molecule has 3 rings (SSSR count). The van der Waals surface area contributed by atoms with Crippen molar-refractivity contribution in [2.45, 2.75) is 18.7 Å². The molecular formula is C22H21FN2O4S. The summed E-state index contributed by atoms with van der Waals surface area (Å²) in [7, 11) is -3.84. The molecule has 0 atom stereocenters. The first-order valence-electron chi connectivity index (χ1n) is 9.11. The van der Waals surface area contributed by atoms with Crippen molar-refractivity contribution in [3.8, 4) is 5.75 Å². The van der Waals surface area contributed by atoms with Gasteiger partial charge in [-0.2, -0.15) is 0 Å². The zero-order valence-corrected chi connectivity index (χ0v) is 17.3. The first kappa shape index (κ1) is 21.3. The number of aryl methyl sites for hydroxylation is 2. The largest absolute Gasteiger partial charge is 0.483 e. The molecule has 0 aliphatic rings. The Hall–Kier alpha value is -3.39. The van der Waals surface area contributed by atoms with Crippen molar-refractivity contribution in [1.82, 2.24) is 0 Å². The zero-order chi connectivity index (χ0) is 21.7. The van der Waals surface area contributed by atoms with Crippen LogP contribution in [0.2, 0.25) is 0 Å². The summed E-state index contributed by atoms with van der Waals surface area (Å²) in [6.07, 6.45) is 0. The van der Waals surface area contributed by atoms with Gasteiger partial charge in [0.05, 0.1) is 4.90 Å². The number of amides is 1. The van der Waals surface area contributed by atoms with Crippen molar-refractivity contribution in [1.29, 1.82) is 0 Å². The molecule has 0 fully saturated rings. The third-order valence-corrected chi connectivity index (χ3v) is 5.64. The fourth-order valence-electron chi connectivity index (χ4n) is 2.65. The Morgan fingerprint density at radius 3 is 2.23 bits per heavy atom. The van der Waals surface area contributed by atoms with Crippen LogP contribution in [0.1, 0.15) is 11.1 Å². The summed E-state index contributed by atoms with van der Waals surface area (Å²) in [5.41, 5.74) is 2.64. The number of halogens is 1. The van der Waals surface area contributed by atoms with Crippen molar-refractivity contribution in [2.24, 2.45) is 0 Å². The summed E-state index contributed by atoms with van der Waals surface area (Å²) in [6, 6.07) is 16.4. The van der Waals surface area contributed by atoms with E-state index in [1.165, 1.54) is 36.4 Å². The summed E-state index contributed by atoms with van der Waals surface area (Å²) < 4.78 is 45.7. The molecule has 0 saturated heterocycles. The summed E-state index contributed by atoms with van der Waals surface area (Å²) in [6.45, 7) is 3.66. The van der Waals surface area contributed by atoms with Gasteiger partial charge in [0, 0.05) is 11.4 Å². The minimum Gasteiger partial charge on any atom is -0.483 e. The fourth-order valence-corrected chi connectivity index (χ4v) is 3.71. The number of hydrogen-bond donors (Lipinski definition) is 2. The van der Waals surface area contributed by atoms with Crippen molar-refractivity contribution >= 4 is 27.3 Å². The molecule has 0 bridgehead atoms. The van der Waals surface area contributed by atoms with Gasteiger partial charge in [-0.3, -0.25) is 9.52 Å². The molecule has 0 spiro atoms. The van der Waals surface area contributed by atoms with Crippen LogP contribution in [0, 0.1) is 19.7 Å². The molecule has 0 aliphatic heterocycles. The van der Waals surface area contributed by atoms with E-state index in [0.29, 0.717) is 11.4 Å². The van der Waals surface area contributed by atoms with Crippen LogP contribution in [-0.4, -0.2) is 20.9 Å². The number of hydrogen-bond acceptors (Lipinski definition) is 4. The average molecular weight is 428 g/mol. The van der Waals surface area contributed by atoms with Crippen molar-refractivity contribution in [3.63, 3.8) is 0 Å². The zero-order valence-electron chi connectivity index (χ0n) is 16.5. The fraction of sp³-hybridized carbons (Fsp3) is 0.136. The number of benzene rings is 3. The average Bonchev–Trinajstić information content (AvgIpc) is 2.71. The number of carbonyl (C=O) groups is 1. The molecule has 0 saturated carbocycles. The van der Waals surface area contributed by atoms with Crippen LogP contribution in [0.15, 0.2) is 71.6 Å². The lowest BCUT2D eigenvalue weighted by atomic mass is 10.1. The number of anilines is 2. The summed E-state index contributed by atoms with van der Waals surface area (Å²) >= 11 is 0. The maximum absolute atomic E-state index is 13.0. The minimum absolute atomic E-state index is 0.0106. The quantitative estimate of drug-likeness (QED) is 0.589. The maximum atomic E-state index is 13.0. The summed E-state index contributed by atoms with van der Waals surface area (Å²) in [4.78, 5) is 12.1. The SMILES string of the molecule is Cc1ccc(C)c(OCC(=O)Nc2ccc(S(=O)(=O)Nc3ccc(F)cc3)cc2)c1. The van der Waals surface area contributed by atoms with Crippen LogP contribution in [0.3, 0.4) is 0 Å². The van der Waals surface area contributed by atoms with Gasteiger partial charge in [0.15, 0.2) is 6.61 Å². The maximum Gasteiger partial charge on any atom is 0.262 e. The van der Waals surface area contributed by atoms with Crippen LogP contribution >= 0.6 is 0 Å². The second-order valence-electron chi connectivity index (χ2n) is 6.74. The minimum atomic E-state index is -3.84. The number of ether oxygens (including phenoxy) is 1. The lowest BCUT2D eigenvalue weighted by Crippen LogP contribution is -2.20. The highest BCUT2D eigenvalue weighted by atomic mass is 32.2. The molecule has 0 unspecified atom stereocenters. The van der Waals surface area contributed by atoms with Gasteiger partial charge in [-0.15, -0.1) is 0 Å². The number of rotatable bonds is 7. The van der Waals surface area contributed by atoms with E-state index in [1.807, 2.05) is 32.0 Å². The molecule has 0 heterocycles. The number of sulfonamides is 1. The molecule has 30 heavy (non-hydrogen) atoms. The standard InChI is InChI=1S/C22H21FN2O4S/c1-15-3-4-16(2)21(13-15)29-14-22(26)24-18-9-11-20(12-10-18)30(27,28)25-19-7-5-17(23)6-8-19/h3-13,25H,14H2,1-2H3,(H,24,26). The van der Waals surface area contributed by atoms with E-state index in [0.717, 1.165) is 23.3 Å². The highest BCUT2D eigenvalue weighted by Crippen LogP contribution is 2.20. The van der Waals surface area contributed by atoms with Crippen LogP contribution < -0.4 is 14.8 Å². The van der Waals surface area contributed by atoms with Gasteiger partial charge in [-0.25, -0.2) is 12.8 Å². The number of nitrogens with one attached hydrogen (secondary N) is 2. The van der Waals surface area contributed by atoms with Gasteiger partial charge in [-0.05, 0) is 79.6 Å². The Labute approximate surface area is 174 Å². The highest BCUT2D eigenvalue weighted by Gasteiger charge is 2.14. The lowest BCUT2D eigenvalue weighted by molar-refractivity contribution is -0.118. The molecule has 2 N–H and O–H groups in total. The van der Waals surface area contributed by atoms with Crippen molar-refractivity contribution in [2.75, 3.05) is 16.6 Å². The Morgan fingerprint density at radius 2 is 1.57 bits per heavy atom. The molecule has 3 aromatic rings. The smallest absolute Gasteiger partial charge is 0.262 e. The molecule has 156 valence electrons. The number of carbonyl (C=O) groups excluding carboxylic acids is 1. The predicted molar refractivity (Wildman–Crippen MR) is 114 cm³/mol. The van der Waals surface area contributed by atoms with E-state index >= 15 is 0 Å². The lowest BCUT2D eigenvalue weighted by Gasteiger charge is -2.11. The highest BCUT2D eigenvalue weighted by molar-refractivity contribution is 7.92. The topological polar surface area (TPSA) is 84.5 Å². The van der Waals surface area contributed by atoms with E-state index in [-0.39, 0.29) is 23.1 Å². The summed E-state index contributed by atoms with van der Waals surface area (Å²) in [5, 5.41) is 2.66. The molecular weight excluding hydrogens is 407 g/mol. The van der Waals surface area contributed by atoms with E-state index in [9.17, 15) is 17.6 Å². The second kappa shape index (κ2) is 8.96. The first-order valence-corrected chi connectivity index (χ1v) is 10.6. The van der Waals surface area contributed by atoms with E-state index in [4.69, 9.17) is 4.74 Å². The summed E-state index contributed by atoms with van der Waals surface area (Å²) in [5.74, 6) is -0.186. The molecule has 6 nitrogen and oxygen atoms in total. The van der Waals surface area contributed by atoms with Gasteiger partial charge in [0.1, 0.15) is 11.6 Å². The van der Waals surface area contributed by atoms with Gasteiger partial charge in [0.2, 0.25) is 0 Å². The molecule has 0 radical (unpaired) electrons. The molecule has 0 aromatic heterocycles. The third kappa shape index (κ3) is 5.57. The van der Waals surface area contributed by atoms with Gasteiger partial charge < -0.3 is 10.1 Å². The van der Waals surface area contributed by atoms with Crippen LogP contribution in [-0.2, 0) is 14.8 Å². The Balaban J connectivity index is 1.60. The van der Waals surface area contributed by atoms with E-state index < -0.39 is 15.8 Å². The van der Waals surface area contributed by atoms with Crippen molar-refractivity contribution < 1.29 is 22.3 Å². The molecule has 0 aliphatic carbocycles. The second-order valence-corrected chi connectivity index (χ2v) is 8.42. The first-order chi connectivity index (χ1) is 14.2. The van der Waals surface area contributed by atoms with Gasteiger partial charge >= 0.3 is 0 Å². The van der Waals surface area contributed by atoms with Crippen LogP contribution in [0.5, 0.6) is 5.75 Å². The normalized spacial score (nSPS) is 11.0. The van der Waals surface area contributed by atoms with E-state index in [2.05, 4.69) is 10.0 Å². The van der Waals surface area contributed by atoms with Gasteiger partial charge in [-0.1, -0.05) is 12.1 Å². The van der Waals surface area contributed by atoms with Crippen LogP contribution in [0.4, 0.5) is 15.8 Å². The Bertz CT molecular complexity index is 1140. The monoisotopic (exact) mass is 428 g/mol. The third-order valence-electron chi connectivity index (χ3n) is 4.25. The molecule has 3 aromatic carbocycles. The Kier molecular flexibility index (Phi) is 6.37. The Morgan fingerprint density at radius 1 is 0.933 bits per heavy atom. The van der Waals surface area contributed by atoms with Gasteiger partial charge in [0.25, 0.3) is 15.9 Å². The van der Waals surface area contributed by atoms with E-state index in [1.54, 1.807) is 0 Å². The predicted octanol–water partition coefficient (Wildman–Crippen LogP) is 4.26. The molecule has 1 amide bonds.